The van der Waals surface area contributed by atoms with Crippen molar-refractivity contribution < 1.29 is 18.0 Å². The first-order valence-corrected chi connectivity index (χ1v) is 10.5. The molecule has 6 nitrogen and oxygen atoms in total. The molecule has 1 N–H and O–H groups in total. The van der Waals surface area contributed by atoms with E-state index in [0.717, 1.165) is 11.1 Å². The first kappa shape index (κ1) is 18.9. The lowest BCUT2D eigenvalue weighted by Gasteiger charge is -2.23. The summed E-state index contributed by atoms with van der Waals surface area (Å²) in [5.74, 6) is -1.28. The molecule has 0 unspecified atom stereocenters. The fourth-order valence-electron chi connectivity index (χ4n) is 3.39. The highest BCUT2D eigenvalue weighted by atomic mass is 32.2. The van der Waals surface area contributed by atoms with Crippen molar-refractivity contribution in [2.45, 2.75) is 17.9 Å². The lowest BCUT2D eigenvalue weighted by molar-refractivity contribution is -0.118. The molecule has 0 saturated heterocycles. The molecule has 0 spiro atoms. The van der Waals surface area contributed by atoms with Crippen LogP contribution in [-0.4, -0.2) is 30.6 Å². The number of nitrogens with one attached hydrogen (secondary N) is 1. The molecule has 0 fully saturated rings. The second-order valence-corrected chi connectivity index (χ2v) is 8.46. The van der Waals surface area contributed by atoms with E-state index in [4.69, 9.17) is 0 Å². The summed E-state index contributed by atoms with van der Waals surface area (Å²) in [5, 5.41) is 2.77. The smallest absolute Gasteiger partial charge is 0.269 e. The molecule has 3 aromatic rings. The highest BCUT2D eigenvalue weighted by Gasteiger charge is 2.45. The predicted molar refractivity (Wildman–Crippen MR) is 110 cm³/mol. The molecule has 2 amide bonds. The Bertz CT molecular complexity index is 1210. The Kier molecular flexibility index (Phi) is 4.68. The van der Waals surface area contributed by atoms with Crippen LogP contribution in [0.2, 0.25) is 0 Å². The predicted octanol–water partition coefficient (Wildman–Crippen LogP) is 3.53. The summed E-state index contributed by atoms with van der Waals surface area (Å²) in [6, 6.07) is 21.5. The summed E-state index contributed by atoms with van der Waals surface area (Å²) in [4.78, 5) is 25.5. The highest BCUT2D eigenvalue weighted by molar-refractivity contribution is 7.90. The van der Waals surface area contributed by atoms with Gasteiger partial charge in [0.15, 0.2) is 0 Å². The Morgan fingerprint density at radius 2 is 1.45 bits per heavy atom. The molecule has 3 aromatic carbocycles. The Hall–Kier alpha value is -3.45. The molecule has 1 heterocycles. The summed E-state index contributed by atoms with van der Waals surface area (Å²) in [6.07, 6.45) is 0. The van der Waals surface area contributed by atoms with Gasteiger partial charge in [0.25, 0.3) is 15.9 Å². The van der Waals surface area contributed by atoms with E-state index in [2.05, 4.69) is 5.32 Å². The summed E-state index contributed by atoms with van der Waals surface area (Å²) in [6.45, 7) is 1.40. The van der Waals surface area contributed by atoms with Crippen molar-refractivity contribution in [2.24, 2.45) is 0 Å². The van der Waals surface area contributed by atoms with Gasteiger partial charge in [0, 0.05) is 11.3 Å². The molecule has 0 radical (unpaired) electrons. The first-order chi connectivity index (χ1) is 13.9. The van der Waals surface area contributed by atoms with Crippen LogP contribution in [0.1, 0.15) is 17.3 Å². The molecular weight excluding hydrogens is 388 g/mol. The molecule has 0 aromatic heterocycles. The number of benzene rings is 3. The maximum Gasteiger partial charge on any atom is 0.269 e. The zero-order valence-corrected chi connectivity index (χ0v) is 16.4. The standard InChI is InChI=1S/C22H18N2O4S/c1-15(24-22(26)18-12-6-8-14-20(18)29(24,27)28)21(25)23-19-13-7-5-11-17(19)16-9-3-2-4-10-16/h2-15H,1H3,(H,23,25)/t15-/m0/s1. The highest BCUT2D eigenvalue weighted by Crippen LogP contribution is 2.33. The third kappa shape index (κ3) is 3.19. The van der Waals surface area contributed by atoms with Crippen LogP contribution in [0.15, 0.2) is 83.8 Å². The van der Waals surface area contributed by atoms with Crippen LogP contribution in [0.3, 0.4) is 0 Å². The number of carbonyl (C=O) groups is 2. The number of hydrogen-bond acceptors (Lipinski definition) is 4. The van der Waals surface area contributed by atoms with Crippen LogP contribution in [0.25, 0.3) is 11.1 Å². The molecule has 0 bridgehead atoms. The number of carbonyl (C=O) groups excluding carboxylic acids is 2. The van der Waals surface area contributed by atoms with Gasteiger partial charge in [-0.05, 0) is 30.7 Å². The number of sulfonamides is 1. The van der Waals surface area contributed by atoms with Gasteiger partial charge in [0.05, 0.1) is 5.56 Å². The molecule has 4 rings (SSSR count). The number of nitrogens with zero attached hydrogens (tertiary/aromatic N) is 1. The summed E-state index contributed by atoms with van der Waals surface area (Å²) < 4.78 is 26.3. The van der Waals surface area contributed by atoms with Gasteiger partial charge in [0.1, 0.15) is 10.9 Å². The topological polar surface area (TPSA) is 83.6 Å². The minimum atomic E-state index is -4.07. The maximum absolute atomic E-state index is 12.9. The number of para-hydroxylation sites is 1. The normalized spacial score (nSPS) is 15.6. The van der Waals surface area contributed by atoms with Crippen molar-refractivity contribution in [1.29, 1.82) is 0 Å². The van der Waals surface area contributed by atoms with E-state index in [1.54, 1.807) is 24.3 Å². The minimum Gasteiger partial charge on any atom is -0.324 e. The maximum atomic E-state index is 12.9. The summed E-state index contributed by atoms with van der Waals surface area (Å²) >= 11 is 0. The number of hydrogen-bond donors (Lipinski definition) is 1. The molecule has 7 heteroatoms. The van der Waals surface area contributed by atoms with Gasteiger partial charge in [-0.1, -0.05) is 60.7 Å². The van der Waals surface area contributed by atoms with Gasteiger partial charge in [-0.15, -0.1) is 0 Å². The van der Waals surface area contributed by atoms with Crippen molar-refractivity contribution >= 4 is 27.5 Å². The lowest BCUT2D eigenvalue weighted by Crippen LogP contribution is -2.45. The van der Waals surface area contributed by atoms with E-state index >= 15 is 0 Å². The second-order valence-electron chi connectivity index (χ2n) is 6.68. The van der Waals surface area contributed by atoms with E-state index < -0.39 is 27.9 Å². The average Bonchev–Trinajstić information content (AvgIpc) is 2.94. The molecular formula is C22H18N2O4S. The van der Waals surface area contributed by atoms with Gasteiger partial charge < -0.3 is 5.32 Å². The molecule has 0 saturated carbocycles. The minimum absolute atomic E-state index is 0.0747. The Labute approximate surface area is 168 Å². The Morgan fingerprint density at radius 1 is 0.862 bits per heavy atom. The lowest BCUT2D eigenvalue weighted by atomic mass is 10.0. The van der Waals surface area contributed by atoms with Crippen LogP contribution in [0.4, 0.5) is 5.69 Å². The molecule has 1 aliphatic heterocycles. The Morgan fingerprint density at radius 3 is 2.14 bits per heavy atom. The van der Waals surface area contributed by atoms with Crippen molar-refractivity contribution in [3.8, 4) is 11.1 Å². The average molecular weight is 406 g/mol. The van der Waals surface area contributed by atoms with Crippen molar-refractivity contribution in [1.82, 2.24) is 4.31 Å². The molecule has 146 valence electrons. The van der Waals surface area contributed by atoms with Gasteiger partial charge in [-0.3, -0.25) is 9.59 Å². The second kappa shape index (κ2) is 7.18. The zero-order valence-electron chi connectivity index (χ0n) is 15.6. The third-order valence-electron chi connectivity index (χ3n) is 4.86. The molecule has 0 aliphatic carbocycles. The van der Waals surface area contributed by atoms with Crippen LogP contribution < -0.4 is 5.32 Å². The van der Waals surface area contributed by atoms with Gasteiger partial charge in [0.2, 0.25) is 5.91 Å². The molecule has 1 aliphatic rings. The van der Waals surface area contributed by atoms with Gasteiger partial charge in [-0.25, -0.2) is 12.7 Å². The SMILES string of the molecule is C[C@@H](C(=O)Nc1ccccc1-c1ccccc1)N1C(=O)c2ccccc2S1(=O)=O. The fraction of sp³-hybridized carbons (Fsp3) is 0.0909. The zero-order chi connectivity index (χ0) is 20.6. The molecule has 29 heavy (non-hydrogen) atoms. The Balaban J connectivity index is 1.64. The van der Waals surface area contributed by atoms with E-state index in [0.29, 0.717) is 9.99 Å². The van der Waals surface area contributed by atoms with Crippen LogP contribution in [-0.2, 0) is 14.8 Å². The third-order valence-corrected chi connectivity index (χ3v) is 6.77. The van der Waals surface area contributed by atoms with Crippen LogP contribution in [0, 0.1) is 0 Å². The first-order valence-electron chi connectivity index (χ1n) is 9.04. The van der Waals surface area contributed by atoms with Gasteiger partial charge in [-0.2, -0.15) is 0 Å². The number of anilines is 1. The number of fused-ring (bicyclic) bond motifs is 1. The van der Waals surface area contributed by atoms with Gasteiger partial charge >= 0.3 is 0 Å². The summed E-state index contributed by atoms with van der Waals surface area (Å²) in [7, 11) is -4.07. The van der Waals surface area contributed by atoms with E-state index in [-0.39, 0.29) is 10.5 Å². The fourth-order valence-corrected chi connectivity index (χ4v) is 5.12. The number of rotatable bonds is 4. The monoisotopic (exact) mass is 406 g/mol. The quantitative estimate of drug-likeness (QED) is 0.719. The number of amides is 2. The molecule has 1 atom stereocenters. The van der Waals surface area contributed by atoms with Crippen LogP contribution in [0.5, 0.6) is 0 Å². The van der Waals surface area contributed by atoms with E-state index in [1.807, 2.05) is 42.5 Å². The van der Waals surface area contributed by atoms with Crippen molar-refractivity contribution in [2.75, 3.05) is 5.32 Å². The summed E-state index contributed by atoms with van der Waals surface area (Å²) in [5.41, 5.74) is 2.33. The van der Waals surface area contributed by atoms with Crippen molar-refractivity contribution in [3.63, 3.8) is 0 Å². The largest absolute Gasteiger partial charge is 0.324 e. The van der Waals surface area contributed by atoms with E-state index in [1.165, 1.54) is 19.1 Å². The van der Waals surface area contributed by atoms with E-state index in [9.17, 15) is 18.0 Å². The van der Waals surface area contributed by atoms with Crippen LogP contribution >= 0.6 is 0 Å². The van der Waals surface area contributed by atoms with Crippen molar-refractivity contribution in [3.05, 3.63) is 84.4 Å².